The number of rotatable bonds is 4. The van der Waals surface area contributed by atoms with Crippen molar-refractivity contribution in [2.75, 3.05) is 13.1 Å². The molecule has 0 bridgehead atoms. The van der Waals surface area contributed by atoms with E-state index in [1.54, 1.807) is 0 Å². The minimum absolute atomic E-state index is 0.148. The van der Waals surface area contributed by atoms with Gasteiger partial charge < -0.3 is 10.8 Å². The molecule has 1 fully saturated rings. The van der Waals surface area contributed by atoms with Gasteiger partial charge >= 0.3 is 5.97 Å². The summed E-state index contributed by atoms with van der Waals surface area (Å²) in [6, 6.07) is 0.148. The third-order valence-corrected chi connectivity index (χ3v) is 3.76. The minimum Gasteiger partial charge on any atom is -0.480 e. The molecule has 1 aliphatic heterocycles. The summed E-state index contributed by atoms with van der Waals surface area (Å²) >= 11 is 0. The zero-order valence-electron chi connectivity index (χ0n) is 10.8. The highest BCUT2D eigenvalue weighted by atomic mass is 16.4. The molecule has 0 aliphatic carbocycles. The predicted octanol–water partition coefficient (Wildman–Crippen LogP) is 0.452. The molecule has 0 amide bonds. The zero-order valence-corrected chi connectivity index (χ0v) is 10.8. The Balaban J connectivity index is 2.07. The Labute approximate surface area is 106 Å². The average Bonchev–Trinajstić information content (AvgIpc) is 2.95. The number of carbonyl (C=O) groups is 1. The van der Waals surface area contributed by atoms with E-state index in [2.05, 4.69) is 16.9 Å². The van der Waals surface area contributed by atoms with Gasteiger partial charge in [-0.1, -0.05) is 0 Å². The van der Waals surface area contributed by atoms with Crippen LogP contribution in [0.25, 0.3) is 0 Å². The number of likely N-dealkylation sites (tertiary alicyclic amines) is 1. The molecule has 0 radical (unpaired) electrons. The molecule has 100 valence electrons. The summed E-state index contributed by atoms with van der Waals surface area (Å²) in [5.74, 6) is -0.915. The number of hydrogen-bond donors (Lipinski definition) is 2. The summed E-state index contributed by atoms with van der Waals surface area (Å²) in [5, 5.41) is 13.4. The fourth-order valence-electron chi connectivity index (χ4n) is 2.35. The first-order chi connectivity index (χ1) is 8.46. The van der Waals surface area contributed by atoms with Gasteiger partial charge in [0.05, 0.1) is 6.20 Å². The van der Waals surface area contributed by atoms with Gasteiger partial charge in [0.25, 0.3) is 0 Å². The van der Waals surface area contributed by atoms with Crippen LogP contribution in [0.1, 0.15) is 31.9 Å². The lowest BCUT2D eigenvalue weighted by Gasteiger charge is -2.25. The first kappa shape index (κ1) is 13.0. The molecule has 6 heteroatoms. The van der Waals surface area contributed by atoms with Crippen molar-refractivity contribution in [2.45, 2.75) is 38.4 Å². The average molecular weight is 252 g/mol. The molecule has 1 aliphatic rings. The molecular formula is C12H20N4O2. The number of hydrogen-bond acceptors (Lipinski definition) is 4. The normalized spacial score (nSPS) is 26.4. The van der Waals surface area contributed by atoms with Gasteiger partial charge in [0, 0.05) is 37.4 Å². The number of nitrogens with zero attached hydrogens (tertiary/aromatic N) is 3. The lowest BCUT2D eigenvalue weighted by Crippen LogP contribution is -2.50. The van der Waals surface area contributed by atoms with Crippen LogP contribution in [0.4, 0.5) is 0 Å². The predicted molar refractivity (Wildman–Crippen MR) is 67.1 cm³/mol. The molecule has 1 aromatic rings. The third kappa shape index (κ3) is 2.26. The number of carboxylic acid groups (broad SMARTS) is 1. The van der Waals surface area contributed by atoms with E-state index in [4.69, 9.17) is 10.8 Å². The molecular weight excluding hydrogens is 232 g/mol. The van der Waals surface area contributed by atoms with Crippen LogP contribution < -0.4 is 5.73 Å². The molecule has 6 nitrogen and oxygen atoms in total. The summed E-state index contributed by atoms with van der Waals surface area (Å²) in [6.45, 7) is 6.03. The molecule has 2 unspecified atom stereocenters. The Bertz CT molecular complexity index is 445. The van der Waals surface area contributed by atoms with Crippen LogP contribution in [0.2, 0.25) is 0 Å². The van der Waals surface area contributed by atoms with Gasteiger partial charge in [-0.3, -0.25) is 14.4 Å². The van der Waals surface area contributed by atoms with Crippen LogP contribution in [0.3, 0.4) is 0 Å². The van der Waals surface area contributed by atoms with E-state index >= 15 is 0 Å². The van der Waals surface area contributed by atoms with E-state index < -0.39 is 11.5 Å². The van der Waals surface area contributed by atoms with E-state index in [1.165, 1.54) is 0 Å². The van der Waals surface area contributed by atoms with E-state index in [1.807, 2.05) is 24.0 Å². The molecule has 2 heterocycles. The number of nitrogens with two attached hydrogens (primary N) is 1. The first-order valence-electron chi connectivity index (χ1n) is 6.25. The van der Waals surface area contributed by atoms with Crippen LogP contribution in [-0.4, -0.2) is 44.4 Å². The van der Waals surface area contributed by atoms with Crippen LogP contribution in [-0.2, 0) is 11.3 Å². The third-order valence-electron chi connectivity index (χ3n) is 3.76. The van der Waals surface area contributed by atoms with Crippen LogP contribution in [0.15, 0.2) is 12.4 Å². The Morgan fingerprint density at radius 2 is 2.44 bits per heavy atom. The lowest BCUT2D eigenvalue weighted by molar-refractivity contribution is -0.142. The largest absolute Gasteiger partial charge is 0.480 e. The summed E-state index contributed by atoms with van der Waals surface area (Å²) in [4.78, 5) is 13.2. The Hall–Kier alpha value is -1.40. The van der Waals surface area contributed by atoms with Crippen molar-refractivity contribution in [3.63, 3.8) is 0 Å². The Kier molecular flexibility index (Phi) is 3.41. The van der Waals surface area contributed by atoms with E-state index in [-0.39, 0.29) is 6.04 Å². The van der Waals surface area contributed by atoms with Crippen molar-refractivity contribution in [2.24, 2.45) is 5.73 Å². The van der Waals surface area contributed by atoms with Crippen molar-refractivity contribution in [3.8, 4) is 0 Å². The molecule has 0 aromatic carbocycles. The van der Waals surface area contributed by atoms with Gasteiger partial charge in [-0.05, 0) is 20.3 Å². The van der Waals surface area contributed by atoms with E-state index in [0.29, 0.717) is 19.5 Å². The quantitative estimate of drug-likeness (QED) is 0.813. The molecule has 0 saturated carbocycles. The van der Waals surface area contributed by atoms with Crippen LogP contribution in [0.5, 0.6) is 0 Å². The molecule has 2 atom stereocenters. The SMILES string of the molecule is CCn1cc(C(C)N2CCC(N)(C(=O)O)C2)cn1. The summed E-state index contributed by atoms with van der Waals surface area (Å²) < 4.78 is 1.87. The molecule has 18 heavy (non-hydrogen) atoms. The second-order valence-electron chi connectivity index (χ2n) is 4.99. The highest BCUT2D eigenvalue weighted by Gasteiger charge is 2.42. The van der Waals surface area contributed by atoms with Crippen LogP contribution >= 0.6 is 0 Å². The maximum Gasteiger partial charge on any atom is 0.325 e. The maximum atomic E-state index is 11.1. The smallest absolute Gasteiger partial charge is 0.325 e. The Morgan fingerprint density at radius 1 is 1.72 bits per heavy atom. The number of aromatic nitrogens is 2. The van der Waals surface area contributed by atoms with Crippen molar-refractivity contribution < 1.29 is 9.90 Å². The van der Waals surface area contributed by atoms with Gasteiger partial charge in [-0.25, -0.2) is 0 Å². The highest BCUT2D eigenvalue weighted by Crippen LogP contribution is 2.28. The van der Waals surface area contributed by atoms with Gasteiger partial charge in [0.2, 0.25) is 0 Å². The summed E-state index contributed by atoms with van der Waals surface area (Å²) in [5.41, 5.74) is 5.88. The number of aliphatic carboxylic acids is 1. The van der Waals surface area contributed by atoms with Crippen LogP contribution in [0, 0.1) is 0 Å². The fraction of sp³-hybridized carbons (Fsp3) is 0.667. The van der Waals surface area contributed by atoms with E-state index in [9.17, 15) is 4.79 Å². The summed E-state index contributed by atoms with van der Waals surface area (Å²) in [7, 11) is 0. The van der Waals surface area contributed by atoms with Gasteiger partial charge in [0.1, 0.15) is 5.54 Å². The molecule has 0 spiro atoms. The standard InChI is InChI=1S/C12H20N4O2/c1-3-16-7-10(6-14-16)9(2)15-5-4-12(13,8-15)11(17)18/h6-7,9H,3-5,8,13H2,1-2H3,(H,17,18). The van der Waals surface area contributed by atoms with Crippen molar-refractivity contribution in [3.05, 3.63) is 18.0 Å². The monoisotopic (exact) mass is 252 g/mol. The Morgan fingerprint density at radius 3 is 2.94 bits per heavy atom. The lowest BCUT2D eigenvalue weighted by atomic mass is 10.0. The molecule has 1 saturated heterocycles. The van der Waals surface area contributed by atoms with Crippen molar-refractivity contribution in [1.29, 1.82) is 0 Å². The van der Waals surface area contributed by atoms with Gasteiger partial charge in [0.15, 0.2) is 0 Å². The summed E-state index contributed by atoms with van der Waals surface area (Å²) in [6.07, 6.45) is 4.34. The second-order valence-corrected chi connectivity index (χ2v) is 4.99. The second kappa shape index (κ2) is 4.70. The molecule has 2 rings (SSSR count). The zero-order chi connectivity index (χ0) is 13.3. The number of aryl methyl sites for hydroxylation is 1. The van der Waals surface area contributed by atoms with Gasteiger partial charge in [-0.2, -0.15) is 5.10 Å². The first-order valence-corrected chi connectivity index (χ1v) is 6.25. The maximum absolute atomic E-state index is 11.1. The van der Waals surface area contributed by atoms with Gasteiger partial charge in [-0.15, -0.1) is 0 Å². The van der Waals surface area contributed by atoms with E-state index in [0.717, 1.165) is 12.1 Å². The highest BCUT2D eigenvalue weighted by molar-refractivity contribution is 5.79. The minimum atomic E-state index is -1.10. The number of carboxylic acids is 1. The van der Waals surface area contributed by atoms with Crippen molar-refractivity contribution >= 4 is 5.97 Å². The topological polar surface area (TPSA) is 84.4 Å². The van der Waals surface area contributed by atoms with Crippen molar-refractivity contribution in [1.82, 2.24) is 14.7 Å². The fourth-order valence-corrected chi connectivity index (χ4v) is 2.35. The molecule has 1 aromatic heterocycles. The molecule has 3 N–H and O–H groups in total.